The maximum atomic E-state index is 12.7. The second kappa shape index (κ2) is 7.36. The molecule has 0 unspecified atom stereocenters. The van der Waals surface area contributed by atoms with Crippen molar-refractivity contribution < 1.29 is 9.53 Å². The maximum Gasteiger partial charge on any atom is 0.241 e. The smallest absolute Gasteiger partial charge is 0.241 e. The highest BCUT2D eigenvalue weighted by Crippen LogP contribution is 2.28. The number of fused-ring (bicyclic) bond motifs is 1. The highest BCUT2D eigenvalue weighted by Gasteiger charge is 2.24. The molecule has 1 amide bonds. The van der Waals surface area contributed by atoms with Gasteiger partial charge in [0, 0.05) is 28.8 Å². The highest BCUT2D eigenvalue weighted by molar-refractivity contribution is 9.10. The standard InChI is InChI=1S/C19H21BrN2O2/c1-21(12-15-11-16(20)7-8-18(15)24-2)13-19(23)22-10-9-14-5-3-4-6-17(14)22/h3-8,11H,9-10,12-13H2,1-2H3. The van der Waals surface area contributed by atoms with Crippen LogP contribution in [0.3, 0.4) is 0 Å². The molecular formula is C19H21BrN2O2. The van der Waals surface area contributed by atoms with Crippen LogP contribution in [0, 0.1) is 0 Å². The van der Waals surface area contributed by atoms with Crippen LogP contribution in [0.15, 0.2) is 46.9 Å². The third-order valence-corrected chi connectivity index (χ3v) is 4.77. The first-order valence-corrected chi connectivity index (χ1v) is 8.77. The van der Waals surface area contributed by atoms with Gasteiger partial charge in [0.15, 0.2) is 0 Å². The van der Waals surface area contributed by atoms with Crippen LogP contribution in [-0.2, 0) is 17.8 Å². The number of benzene rings is 2. The van der Waals surface area contributed by atoms with Gasteiger partial charge >= 0.3 is 0 Å². The predicted molar refractivity (Wildman–Crippen MR) is 99.5 cm³/mol. The van der Waals surface area contributed by atoms with Gasteiger partial charge in [0.2, 0.25) is 5.91 Å². The average molecular weight is 389 g/mol. The molecule has 0 N–H and O–H groups in total. The quantitative estimate of drug-likeness (QED) is 0.785. The normalized spacial score (nSPS) is 13.2. The summed E-state index contributed by atoms with van der Waals surface area (Å²) in [4.78, 5) is 16.6. The molecule has 3 rings (SSSR count). The van der Waals surface area contributed by atoms with Gasteiger partial charge in [-0.3, -0.25) is 9.69 Å². The number of carbonyl (C=O) groups is 1. The largest absolute Gasteiger partial charge is 0.496 e. The van der Waals surface area contributed by atoms with Gasteiger partial charge in [0.05, 0.1) is 13.7 Å². The zero-order chi connectivity index (χ0) is 17.1. The highest BCUT2D eigenvalue weighted by atomic mass is 79.9. The fourth-order valence-corrected chi connectivity index (χ4v) is 3.54. The Morgan fingerprint density at radius 2 is 2.08 bits per heavy atom. The van der Waals surface area contributed by atoms with E-state index in [2.05, 4.69) is 22.0 Å². The molecule has 2 aromatic carbocycles. The molecule has 0 saturated heterocycles. The summed E-state index contributed by atoms with van der Waals surface area (Å²) in [5, 5.41) is 0. The second-order valence-corrected chi connectivity index (χ2v) is 6.97. The molecular weight excluding hydrogens is 368 g/mol. The second-order valence-electron chi connectivity index (χ2n) is 6.05. The molecule has 0 aliphatic carbocycles. The lowest BCUT2D eigenvalue weighted by atomic mass is 10.2. The molecule has 0 atom stereocenters. The van der Waals surface area contributed by atoms with Crippen LogP contribution in [-0.4, -0.2) is 38.1 Å². The molecule has 5 heteroatoms. The van der Waals surface area contributed by atoms with E-state index >= 15 is 0 Å². The van der Waals surface area contributed by atoms with Crippen molar-refractivity contribution in [3.05, 3.63) is 58.1 Å². The van der Waals surface area contributed by atoms with Crippen LogP contribution in [0.1, 0.15) is 11.1 Å². The predicted octanol–water partition coefficient (Wildman–Crippen LogP) is 3.48. The number of ether oxygens (including phenoxy) is 1. The Labute approximate surface area is 151 Å². The van der Waals surface area contributed by atoms with E-state index in [1.165, 1.54) is 5.56 Å². The van der Waals surface area contributed by atoms with Crippen molar-refractivity contribution in [2.24, 2.45) is 0 Å². The van der Waals surface area contributed by atoms with E-state index in [1.54, 1.807) is 7.11 Å². The number of halogens is 1. The van der Waals surface area contributed by atoms with E-state index in [0.717, 1.165) is 34.4 Å². The zero-order valence-corrected chi connectivity index (χ0v) is 15.5. The fourth-order valence-electron chi connectivity index (χ4n) is 3.13. The molecule has 1 aliphatic heterocycles. The zero-order valence-electron chi connectivity index (χ0n) is 14.0. The summed E-state index contributed by atoms with van der Waals surface area (Å²) in [5.74, 6) is 0.973. The number of rotatable bonds is 5. The Bertz CT molecular complexity index is 748. The number of methoxy groups -OCH3 is 1. The van der Waals surface area contributed by atoms with Gasteiger partial charge in [-0.1, -0.05) is 34.1 Å². The van der Waals surface area contributed by atoms with E-state index in [-0.39, 0.29) is 5.91 Å². The first-order valence-electron chi connectivity index (χ1n) is 7.97. The number of para-hydroxylation sites is 1. The number of hydrogen-bond acceptors (Lipinski definition) is 3. The molecule has 1 heterocycles. The summed E-state index contributed by atoms with van der Waals surface area (Å²) in [6.45, 7) is 1.81. The van der Waals surface area contributed by atoms with Gasteiger partial charge in [-0.05, 0) is 43.3 Å². The molecule has 0 saturated carbocycles. The van der Waals surface area contributed by atoms with Crippen LogP contribution in [0.25, 0.3) is 0 Å². The van der Waals surface area contributed by atoms with Crippen molar-refractivity contribution in [2.75, 3.05) is 32.1 Å². The molecule has 0 bridgehead atoms. The van der Waals surface area contributed by atoms with Gasteiger partial charge in [-0.15, -0.1) is 0 Å². The summed E-state index contributed by atoms with van der Waals surface area (Å²) in [7, 11) is 3.62. The van der Waals surface area contributed by atoms with Gasteiger partial charge in [-0.2, -0.15) is 0 Å². The van der Waals surface area contributed by atoms with Crippen LogP contribution < -0.4 is 9.64 Å². The van der Waals surface area contributed by atoms with E-state index in [4.69, 9.17) is 4.74 Å². The molecule has 1 aliphatic rings. The molecule has 0 radical (unpaired) electrons. The van der Waals surface area contributed by atoms with Crippen LogP contribution in [0.5, 0.6) is 5.75 Å². The number of nitrogens with zero attached hydrogens (tertiary/aromatic N) is 2. The van der Waals surface area contributed by atoms with Crippen molar-refractivity contribution in [3.63, 3.8) is 0 Å². The average Bonchev–Trinajstić information content (AvgIpc) is 2.99. The lowest BCUT2D eigenvalue weighted by Gasteiger charge is -2.23. The Kier molecular flexibility index (Phi) is 5.21. The van der Waals surface area contributed by atoms with Crippen molar-refractivity contribution >= 4 is 27.5 Å². The Morgan fingerprint density at radius 3 is 2.88 bits per heavy atom. The van der Waals surface area contributed by atoms with Crippen LogP contribution in [0.4, 0.5) is 5.69 Å². The molecule has 0 spiro atoms. The van der Waals surface area contributed by atoms with Gasteiger partial charge in [0.25, 0.3) is 0 Å². The molecule has 4 nitrogen and oxygen atoms in total. The minimum atomic E-state index is 0.136. The van der Waals surface area contributed by atoms with Gasteiger partial charge < -0.3 is 9.64 Å². The van der Waals surface area contributed by atoms with E-state index < -0.39 is 0 Å². The lowest BCUT2D eigenvalue weighted by molar-refractivity contribution is -0.119. The number of likely N-dealkylation sites (N-methyl/N-ethyl adjacent to an activating group) is 1. The SMILES string of the molecule is COc1ccc(Br)cc1CN(C)CC(=O)N1CCc2ccccc21. The van der Waals surface area contributed by atoms with E-state index in [0.29, 0.717) is 13.1 Å². The third kappa shape index (κ3) is 3.62. The first kappa shape index (κ1) is 17.0. The summed E-state index contributed by atoms with van der Waals surface area (Å²) >= 11 is 3.49. The van der Waals surface area contributed by atoms with Crippen molar-refractivity contribution in [1.29, 1.82) is 0 Å². The third-order valence-electron chi connectivity index (χ3n) is 4.28. The monoisotopic (exact) mass is 388 g/mol. The summed E-state index contributed by atoms with van der Waals surface area (Å²) in [6, 6.07) is 14.1. The molecule has 0 fully saturated rings. The summed E-state index contributed by atoms with van der Waals surface area (Å²) in [6.07, 6.45) is 0.936. The van der Waals surface area contributed by atoms with E-state index in [1.807, 2.05) is 53.2 Å². The first-order chi connectivity index (χ1) is 11.6. The number of anilines is 1. The van der Waals surface area contributed by atoms with Crippen LogP contribution >= 0.6 is 15.9 Å². The van der Waals surface area contributed by atoms with Gasteiger partial charge in [0.1, 0.15) is 5.75 Å². The van der Waals surface area contributed by atoms with Crippen LogP contribution in [0.2, 0.25) is 0 Å². The topological polar surface area (TPSA) is 32.8 Å². The van der Waals surface area contributed by atoms with E-state index in [9.17, 15) is 4.79 Å². The Balaban J connectivity index is 1.66. The number of amides is 1. The summed E-state index contributed by atoms with van der Waals surface area (Å²) < 4.78 is 6.42. The molecule has 126 valence electrons. The molecule has 0 aromatic heterocycles. The lowest BCUT2D eigenvalue weighted by Crippen LogP contribution is -2.37. The maximum absolute atomic E-state index is 12.7. The van der Waals surface area contributed by atoms with Crippen molar-refractivity contribution in [2.45, 2.75) is 13.0 Å². The Morgan fingerprint density at radius 1 is 1.29 bits per heavy atom. The molecule has 2 aromatic rings. The number of hydrogen-bond donors (Lipinski definition) is 0. The van der Waals surface area contributed by atoms with Crippen molar-refractivity contribution in [1.82, 2.24) is 4.90 Å². The summed E-state index contributed by atoms with van der Waals surface area (Å²) in [5.41, 5.74) is 3.36. The minimum Gasteiger partial charge on any atom is -0.496 e. The van der Waals surface area contributed by atoms with Gasteiger partial charge in [-0.25, -0.2) is 0 Å². The number of carbonyl (C=O) groups excluding carboxylic acids is 1. The fraction of sp³-hybridized carbons (Fsp3) is 0.316. The minimum absolute atomic E-state index is 0.136. The van der Waals surface area contributed by atoms with Crippen molar-refractivity contribution in [3.8, 4) is 5.75 Å². The Hall–Kier alpha value is -1.85. The molecule has 24 heavy (non-hydrogen) atoms.